The van der Waals surface area contributed by atoms with Gasteiger partial charge in [0.05, 0.1) is 8.66 Å². The van der Waals surface area contributed by atoms with Gasteiger partial charge in [-0.15, -0.1) is 11.3 Å². The molecule has 0 radical (unpaired) electrons. The Hall–Kier alpha value is -0.720. The van der Waals surface area contributed by atoms with E-state index in [-0.39, 0.29) is 5.91 Å². The van der Waals surface area contributed by atoms with Gasteiger partial charge in [-0.25, -0.2) is 0 Å². The molecule has 1 N–H and O–H groups in total. The number of anilines is 1. The van der Waals surface area contributed by atoms with E-state index in [1.54, 1.807) is 30.6 Å². The first-order valence-electron chi connectivity index (χ1n) is 4.33. The van der Waals surface area contributed by atoms with Gasteiger partial charge in [0, 0.05) is 22.6 Å². The maximum absolute atomic E-state index is 11.8. The third-order valence-electron chi connectivity index (χ3n) is 1.81. The van der Waals surface area contributed by atoms with E-state index in [0.29, 0.717) is 4.88 Å². The molecule has 0 unspecified atom stereocenters. The predicted octanol–water partition coefficient (Wildman–Crippen LogP) is 3.92. The van der Waals surface area contributed by atoms with Crippen molar-refractivity contribution in [3.8, 4) is 0 Å². The van der Waals surface area contributed by atoms with E-state index >= 15 is 0 Å². The lowest BCUT2D eigenvalue weighted by Gasteiger charge is -2.01. The van der Waals surface area contributed by atoms with Crippen LogP contribution in [0.4, 0.5) is 5.69 Å². The zero-order valence-electron chi connectivity index (χ0n) is 7.91. The summed E-state index contributed by atoms with van der Waals surface area (Å²) in [6.07, 6.45) is 3.27. The molecule has 0 saturated heterocycles. The van der Waals surface area contributed by atoms with Crippen LogP contribution in [0.3, 0.4) is 0 Å². The number of carbonyl (C=O) groups is 1. The topological polar surface area (TPSA) is 42.0 Å². The molecule has 16 heavy (non-hydrogen) atoms. The number of halogens is 2. The van der Waals surface area contributed by atoms with Gasteiger partial charge >= 0.3 is 0 Å². The summed E-state index contributed by atoms with van der Waals surface area (Å²) in [5.41, 5.74) is 0.737. The van der Waals surface area contributed by atoms with Crippen LogP contribution in [0.5, 0.6) is 0 Å². The first kappa shape index (κ1) is 11.8. The van der Waals surface area contributed by atoms with Gasteiger partial charge in [-0.1, -0.05) is 0 Å². The molecule has 82 valence electrons. The summed E-state index contributed by atoms with van der Waals surface area (Å²) in [7, 11) is 0. The summed E-state index contributed by atoms with van der Waals surface area (Å²) in [4.78, 5) is 16.3. The minimum atomic E-state index is -0.123. The third kappa shape index (κ3) is 2.69. The molecular weight excluding hydrogens is 356 g/mol. The van der Waals surface area contributed by atoms with Crippen LogP contribution in [0, 0.1) is 0 Å². The SMILES string of the molecule is O=C(Nc1ccncc1)c1cc(Br)c(Br)s1. The highest BCUT2D eigenvalue weighted by Crippen LogP contribution is 2.32. The number of hydrogen-bond acceptors (Lipinski definition) is 3. The van der Waals surface area contributed by atoms with E-state index in [0.717, 1.165) is 13.9 Å². The van der Waals surface area contributed by atoms with E-state index in [1.165, 1.54) is 11.3 Å². The Morgan fingerprint density at radius 1 is 1.31 bits per heavy atom. The molecule has 3 nitrogen and oxygen atoms in total. The molecule has 1 amide bonds. The first-order valence-corrected chi connectivity index (χ1v) is 6.73. The number of amides is 1. The Kier molecular flexibility index (Phi) is 3.73. The second-order valence-corrected chi connectivity index (χ2v) is 6.15. The lowest BCUT2D eigenvalue weighted by atomic mass is 10.4. The molecule has 6 heteroatoms. The van der Waals surface area contributed by atoms with Crippen LogP contribution in [-0.2, 0) is 0 Å². The molecule has 0 spiro atoms. The normalized spacial score (nSPS) is 10.1. The maximum atomic E-state index is 11.8. The van der Waals surface area contributed by atoms with E-state index in [9.17, 15) is 4.79 Å². The molecule has 0 fully saturated rings. The van der Waals surface area contributed by atoms with Crippen molar-refractivity contribution in [1.29, 1.82) is 0 Å². The molecule has 0 saturated carbocycles. The number of carbonyl (C=O) groups excluding carboxylic acids is 1. The van der Waals surface area contributed by atoms with Crippen molar-refractivity contribution in [2.45, 2.75) is 0 Å². The highest BCUT2D eigenvalue weighted by atomic mass is 79.9. The number of thiophene rings is 1. The van der Waals surface area contributed by atoms with Crippen molar-refractivity contribution in [2.24, 2.45) is 0 Å². The second kappa shape index (κ2) is 5.07. The number of aromatic nitrogens is 1. The zero-order valence-corrected chi connectivity index (χ0v) is 11.9. The molecule has 0 aliphatic carbocycles. The summed E-state index contributed by atoms with van der Waals surface area (Å²) >= 11 is 8.08. The van der Waals surface area contributed by atoms with Gasteiger partial charge < -0.3 is 5.32 Å². The van der Waals surface area contributed by atoms with Crippen molar-refractivity contribution in [2.75, 3.05) is 5.32 Å². The fraction of sp³-hybridized carbons (Fsp3) is 0. The van der Waals surface area contributed by atoms with Gasteiger partial charge in [-0.2, -0.15) is 0 Å². The minimum Gasteiger partial charge on any atom is -0.321 e. The smallest absolute Gasteiger partial charge is 0.265 e. The fourth-order valence-corrected chi connectivity index (χ4v) is 3.02. The summed E-state index contributed by atoms with van der Waals surface area (Å²) in [6.45, 7) is 0. The minimum absolute atomic E-state index is 0.123. The van der Waals surface area contributed by atoms with Crippen LogP contribution < -0.4 is 5.32 Å². The average molecular weight is 362 g/mol. The lowest BCUT2D eigenvalue weighted by Crippen LogP contribution is -2.09. The molecular formula is C10H6Br2N2OS. The summed E-state index contributed by atoms with van der Waals surface area (Å²) in [6, 6.07) is 5.27. The molecule has 0 aliphatic rings. The molecule has 2 aromatic rings. The monoisotopic (exact) mass is 360 g/mol. The van der Waals surface area contributed by atoms with Crippen molar-refractivity contribution >= 4 is 54.8 Å². The number of nitrogens with one attached hydrogen (secondary N) is 1. The van der Waals surface area contributed by atoms with E-state index < -0.39 is 0 Å². The van der Waals surface area contributed by atoms with E-state index in [4.69, 9.17) is 0 Å². The molecule has 0 bridgehead atoms. The molecule has 0 aliphatic heterocycles. The van der Waals surface area contributed by atoms with Gasteiger partial charge in [0.15, 0.2) is 0 Å². The Morgan fingerprint density at radius 3 is 2.56 bits per heavy atom. The number of hydrogen-bond donors (Lipinski definition) is 1. The van der Waals surface area contributed by atoms with Crippen LogP contribution in [0.2, 0.25) is 0 Å². The molecule has 2 rings (SSSR count). The summed E-state index contributed by atoms with van der Waals surface area (Å²) in [5, 5.41) is 2.79. The van der Waals surface area contributed by atoms with Crippen molar-refractivity contribution < 1.29 is 4.79 Å². The van der Waals surface area contributed by atoms with Gasteiger partial charge in [-0.3, -0.25) is 9.78 Å². The summed E-state index contributed by atoms with van der Waals surface area (Å²) in [5.74, 6) is -0.123. The van der Waals surface area contributed by atoms with Crippen molar-refractivity contribution in [3.63, 3.8) is 0 Å². The van der Waals surface area contributed by atoms with Crippen molar-refractivity contribution in [1.82, 2.24) is 4.98 Å². The highest BCUT2D eigenvalue weighted by Gasteiger charge is 2.11. The van der Waals surface area contributed by atoms with Crippen LogP contribution in [0.15, 0.2) is 38.9 Å². The van der Waals surface area contributed by atoms with Gasteiger partial charge in [-0.05, 0) is 50.1 Å². The predicted molar refractivity (Wildman–Crippen MR) is 71.9 cm³/mol. The number of pyridine rings is 1. The largest absolute Gasteiger partial charge is 0.321 e. The van der Waals surface area contributed by atoms with Crippen LogP contribution >= 0.6 is 43.2 Å². The molecule has 2 aromatic heterocycles. The quantitative estimate of drug-likeness (QED) is 0.880. The third-order valence-corrected chi connectivity index (χ3v) is 5.06. The van der Waals surface area contributed by atoms with Gasteiger partial charge in [0.2, 0.25) is 0 Å². The summed E-state index contributed by atoms with van der Waals surface area (Å²) < 4.78 is 1.80. The van der Waals surface area contributed by atoms with Crippen LogP contribution in [-0.4, -0.2) is 10.9 Å². The standard InChI is InChI=1S/C10H6Br2N2OS/c11-7-5-8(16-9(7)12)10(15)14-6-1-3-13-4-2-6/h1-5H,(H,13,14,15). The second-order valence-electron chi connectivity index (χ2n) is 2.92. The zero-order chi connectivity index (χ0) is 11.5. The van der Waals surface area contributed by atoms with Gasteiger partial charge in [0.1, 0.15) is 0 Å². The Labute approximate surface area is 113 Å². The Balaban J connectivity index is 2.15. The van der Waals surface area contributed by atoms with Crippen LogP contribution in [0.1, 0.15) is 9.67 Å². The average Bonchev–Trinajstić information content (AvgIpc) is 2.61. The lowest BCUT2D eigenvalue weighted by molar-refractivity contribution is 0.103. The Morgan fingerprint density at radius 2 is 2.00 bits per heavy atom. The maximum Gasteiger partial charge on any atom is 0.265 e. The fourth-order valence-electron chi connectivity index (χ4n) is 1.09. The molecule has 0 aromatic carbocycles. The van der Waals surface area contributed by atoms with Crippen LogP contribution in [0.25, 0.3) is 0 Å². The van der Waals surface area contributed by atoms with Crippen molar-refractivity contribution in [3.05, 3.63) is 43.7 Å². The molecule has 2 heterocycles. The Bertz CT molecular complexity index is 493. The van der Waals surface area contributed by atoms with E-state index in [1.807, 2.05) is 0 Å². The molecule has 0 atom stereocenters. The number of rotatable bonds is 2. The first-order chi connectivity index (χ1) is 7.66. The number of nitrogens with zero attached hydrogens (tertiary/aromatic N) is 1. The van der Waals surface area contributed by atoms with E-state index in [2.05, 4.69) is 42.2 Å². The van der Waals surface area contributed by atoms with Gasteiger partial charge in [0.25, 0.3) is 5.91 Å². The highest BCUT2D eigenvalue weighted by molar-refractivity contribution is 9.13.